The Morgan fingerprint density at radius 2 is 1.86 bits per heavy atom. The average Bonchev–Trinajstić information content (AvgIpc) is 2.55. The van der Waals surface area contributed by atoms with Crippen LogP contribution in [-0.4, -0.2) is 23.9 Å². The number of nitrogens with zero attached hydrogens (tertiary/aromatic N) is 2. The zero-order valence-corrected chi connectivity index (χ0v) is 12.5. The maximum absolute atomic E-state index is 9.84. The van der Waals surface area contributed by atoms with Gasteiger partial charge in [0.15, 0.2) is 11.5 Å². The summed E-state index contributed by atoms with van der Waals surface area (Å²) in [6.45, 7) is 2.11. The third-order valence-corrected chi connectivity index (χ3v) is 2.97. The van der Waals surface area contributed by atoms with E-state index < -0.39 is 0 Å². The lowest BCUT2D eigenvalue weighted by molar-refractivity contribution is 0.272. The summed E-state index contributed by atoms with van der Waals surface area (Å²) in [5.41, 5.74) is 1.39. The van der Waals surface area contributed by atoms with Crippen LogP contribution < -0.4 is 9.47 Å². The van der Waals surface area contributed by atoms with E-state index in [1.807, 2.05) is 25.1 Å². The van der Waals surface area contributed by atoms with Gasteiger partial charge in [-0.05, 0) is 25.1 Å². The molecular formula is C16H18N2O4. The summed E-state index contributed by atoms with van der Waals surface area (Å²) in [5, 5.41) is 27.4. The summed E-state index contributed by atoms with van der Waals surface area (Å²) in [4.78, 5) is 0. The lowest BCUT2D eigenvalue weighted by atomic mass is 10.1. The van der Waals surface area contributed by atoms with Gasteiger partial charge in [-0.2, -0.15) is 5.11 Å². The molecule has 0 radical (unpaired) electrons. The van der Waals surface area contributed by atoms with Crippen molar-refractivity contribution in [3.63, 3.8) is 0 Å². The first kappa shape index (κ1) is 15.8. The van der Waals surface area contributed by atoms with Crippen LogP contribution in [0.1, 0.15) is 12.5 Å². The first-order chi connectivity index (χ1) is 10.7. The molecule has 6 nitrogen and oxygen atoms in total. The standard InChI is InChI=1S/C16H18N2O4/c1-3-22-14-7-5-4-6-13(14)18-17-12-8-11(10-19)16(20)15(9-12)21-2/h4-9,19-20H,3,10H2,1-2H3. The van der Waals surface area contributed by atoms with Crippen molar-refractivity contribution in [2.45, 2.75) is 13.5 Å². The summed E-state index contributed by atoms with van der Waals surface area (Å²) in [7, 11) is 1.43. The lowest BCUT2D eigenvalue weighted by Gasteiger charge is -2.08. The van der Waals surface area contributed by atoms with Crippen molar-refractivity contribution in [2.75, 3.05) is 13.7 Å². The van der Waals surface area contributed by atoms with E-state index in [1.54, 1.807) is 18.2 Å². The van der Waals surface area contributed by atoms with Crippen molar-refractivity contribution < 1.29 is 19.7 Å². The minimum atomic E-state index is -0.318. The van der Waals surface area contributed by atoms with Gasteiger partial charge in [-0.15, -0.1) is 5.11 Å². The first-order valence-electron chi connectivity index (χ1n) is 6.83. The normalized spacial score (nSPS) is 10.9. The van der Waals surface area contributed by atoms with Gasteiger partial charge >= 0.3 is 0 Å². The highest BCUT2D eigenvalue weighted by Gasteiger charge is 2.10. The minimum Gasteiger partial charge on any atom is -0.504 e. The molecule has 0 aromatic heterocycles. The number of para-hydroxylation sites is 1. The number of hydrogen-bond acceptors (Lipinski definition) is 6. The molecule has 0 atom stereocenters. The Labute approximate surface area is 128 Å². The molecule has 0 aliphatic rings. The van der Waals surface area contributed by atoms with E-state index in [2.05, 4.69) is 10.2 Å². The molecule has 0 spiro atoms. The summed E-state index contributed by atoms with van der Waals surface area (Å²) < 4.78 is 10.5. The van der Waals surface area contributed by atoms with Gasteiger partial charge in [-0.1, -0.05) is 12.1 Å². The average molecular weight is 302 g/mol. The number of methoxy groups -OCH3 is 1. The molecule has 116 valence electrons. The SMILES string of the molecule is CCOc1ccccc1N=Nc1cc(CO)c(O)c(OC)c1. The smallest absolute Gasteiger partial charge is 0.163 e. The number of rotatable bonds is 6. The second-order valence-corrected chi connectivity index (χ2v) is 4.41. The number of azo groups is 1. The van der Waals surface area contributed by atoms with Crippen molar-refractivity contribution in [1.82, 2.24) is 0 Å². The Kier molecular flexibility index (Phi) is 5.32. The fourth-order valence-electron chi connectivity index (χ4n) is 1.91. The van der Waals surface area contributed by atoms with E-state index in [0.717, 1.165) is 0 Å². The molecule has 0 amide bonds. The zero-order chi connectivity index (χ0) is 15.9. The summed E-state index contributed by atoms with van der Waals surface area (Å²) in [5.74, 6) is 0.777. The molecule has 2 rings (SSSR count). The van der Waals surface area contributed by atoms with Crippen molar-refractivity contribution in [3.05, 3.63) is 42.0 Å². The van der Waals surface area contributed by atoms with Gasteiger partial charge in [0.2, 0.25) is 0 Å². The maximum atomic E-state index is 9.84. The van der Waals surface area contributed by atoms with E-state index in [4.69, 9.17) is 9.47 Å². The fourth-order valence-corrected chi connectivity index (χ4v) is 1.91. The molecule has 0 aliphatic carbocycles. The fraction of sp³-hybridized carbons (Fsp3) is 0.250. The molecule has 0 unspecified atom stereocenters. The van der Waals surface area contributed by atoms with Gasteiger partial charge in [0, 0.05) is 11.6 Å². The molecule has 2 aromatic rings. The minimum absolute atomic E-state index is 0.0985. The van der Waals surface area contributed by atoms with Crippen LogP contribution in [0.25, 0.3) is 0 Å². The van der Waals surface area contributed by atoms with E-state index in [0.29, 0.717) is 29.3 Å². The molecule has 0 bridgehead atoms. The Morgan fingerprint density at radius 3 is 2.55 bits per heavy atom. The van der Waals surface area contributed by atoms with Crippen LogP contribution in [0.3, 0.4) is 0 Å². The van der Waals surface area contributed by atoms with E-state index in [-0.39, 0.29) is 18.1 Å². The molecule has 0 saturated carbocycles. The lowest BCUT2D eigenvalue weighted by Crippen LogP contribution is -1.91. The molecule has 6 heteroatoms. The Morgan fingerprint density at radius 1 is 1.09 bits per heavy atom. The van der Waals surface area contributed by atoms with Crippen LogP contribution in [0.2, 0.25) is 0 Å². The highest BCUT2D eigenvalue weighted by molar-refractivity contribution is 5.56. The van der Waals surface area contributed by atoms with Gasteiger partial charge < -0.3 is 19.7 Å². The molecular weight excluding hydrogens is 284 g/mol. The number of ether oxygens (including phenoxy) is 2. The van der Waals surface area contributed by atoms with Crippen LogP contribution in [-0.2, 0) is 6.61 Å². The Hall–Kier alpha value is -2.60. The number of aromatic hydroxyl groups is 1. The maximum Gasteiger partial charge on any atom is 0.163 e. The molecule has 22 heavy (non-hydrogen) atoms. The van der Waals surface area contributed by atoms with Crippen LogP contribution in [0, 0.1) is 0 Å². The number of aliphatic hydroxyl groups excluding tert-OH is 1. The quantitative estimate of drug-likeness (QED) is 0.797. The van der Waals surface area contributed by atoms with Crippen LogP contribution in [0.15, 0.2) is 46.6 Å². The predicted octanol–water partition coefficient (Wildman–Crippen LogP) is 3.71. The molecule has 0 saturated heterocycles. The molecule has 2 N–H and O–H groups in total. The zero-order valence-electron chi connectivity index (χ0n) is 12.5. The second-order valence-electron chi connectivity index (χ2n) is 4.41. The highest BCUT2D eigenvalue weighted by atomic mass is 16.5. The number of benzene rings is 2. The van der Waals surface area contributed by atoms with Crippen LogP contribution in [0.5, 0.6) is 17.2 Å². The Bertz CT molecular complexity index is 646. The number of hydrogen-bond donors (Lipinski definition) is 2. The first-order valence-corrected chi connectivity index (χ1v) is 6.83. The van der Waals surface area contributed by atoms with E-state index in [1.165, 1.54) is 7.11 Å². The second kappa shape index (κ2) is 7.42. The Balaban J connectivity index is 2.34. The van der Waals surface area contributed by atoms with Crippen molar-refractivity contribution in [2.24, 2.45) is 10.2 Å². The van der Waals surface area contributed by atoms with Crippen molar-refractivity contribution in [3.8, 4) is 17.2 Å². The molecule has 0 heterocycles. The third-order valence-electron chi connectivity index (χ3n) is 2.97. The largest absolute Gasteiger partial charge is 0.504 e. The van der Waals surface area contributed by atoms with Gasteiger partial charge in [0.05, 0.1) is 26.0 Å². The van der Waals surface area contributed by atoms with Crippen molar-refractivity contribution in [1.29, 1.82) is 0 Å². The van der Waals surface area contributed by atoms with E-state index >= 15 is 0 Å². The summed E-state index contributed by atoms with van der Waals surface area (Å²) in [6, 6.07) is 10.4. The topological polar surface area (TPSA) is 83.6 Å². The van der Waals surface area contributed by atoms with Crippen molar-refractivity contribution >= 4 is 11.4 Å². The molecule has 2 aromatic carbocycles. The van der Waals surface area contributed by atoms with Gasteiger partial charge in [0.1, 0.15) is 11.4 Å². The number of aliphatic hydroxyl groups is 1. The monoisotopic (exact) mass is 302 g/mol. The van der Waals surface area contributed by atoms with Crippen LogP contribution in [0.4, 0.5) is 11.4 Å². The van der Waals surface area contributed by atoms with Crippen LogP contribution >= 0.6 is 0 Å². The summed E-state index contributed by atoms with van der Waals surface area (Å²) >= 11 is 0. The van der Waals surface area contributed by atoms with Gasteiger partial charge in [-0.25, -0.2) is 0 Å². The summed E-state index contributed by atoms with van der Waals surface area (Å²) in [6.07, 6.45) is 0. The van der Waals surface area contributed by atoms with Gasteiger partial charge in [-0.3, -0.25) is 0 Å². The third kappa shape index (κ3) is 3.53. The van der Waals surface area contributed by atoms with E-state index in [9.17, 15) is 10.2 Å². The number of phenols is 1. The molecule has 0 fully saturated rings. The van der Waals surface area contributed by atoms with Gasteiger partial charge in [0.25, 0.3) is 0 Å². The predicted molar refractivity (Wildman–Crippen MR) is 82.4 cm³/mol. The molecule has 0 aliphatic heterocycles. The highest BCUT2D eigenvalue weighted by Crippen LogP contribution is 2.36.